The molecule has 0 bridgehead atoms. The molecule has 1 amide bonds. The fraction of sp³-hybridized carbons (Fsp3) is 0.400. The van der Waals surface area contributed by atoms with Crippen molar-refractivity contribution in [2.24, 2.45) is 17.1 Å². The quantitative estimate of drug-likeness (QED) is 0.707. The second-order valence-electron chi connectivity index (χ2n) is 9.18. The molecule has 2 aliphatic heterocycles. The van der Waals surface area contributed by atoms with Gasteiger partial charge in [-0.1, -0.05) is 17.7 Å². The Labute approximate surface area is 203 Å². The second-order valence-corrected chi connectivity index (χ2v) is 9.59. The number of benzene rings is 1. The molecule has 3 aliphatic rings. The molecule has 1 saturated heterocycles. The van der Waals surface area contributed by atoms with Crippen LogP contribution in [0, 0.1) is 34.0 Å². The van der Waals surface area contributed by atoms with Gasteiger partial charge in [-0.2, -0.15) is 10.5 Å². The predicted molar refractivity (Wildman–Crippen MR) is 128 cm³/mol. The van der Waals surface area contributed by atoms with Crippen molar-refractivity contribution in [3.8, 4) is 23.5 Å². The minimum Gasteiger partial charge on any atom is -0.356 e. The van der Waals surface area contributed by atoms with E-state index >= 15 is 0 Å². The van der Waals surface area contributed by atoms with E-state index in [0.29, 0.717) is 60.4 Å². The Morgan fingerprint density at radius 1 is 1.32 bits per heavy atom. The van der Waals surface area contributed by atoms with Crippen LogP contribution in [0.3, 0.4) is 0 Å². The van der Waals surface area contributed by atoms with Crippen molar-refractivity contribution in [3.63, 3.8) is 0 Å². The lowest BCUT2D eigenvalue weighted by Crippen LogP contribution is -2.35. The van der Waals surface area contributed by atoms with Gasteiger partial charge in [0.05, 0.1) is 16.7 Å². The van der Waals surface area contributed by atoms with Gasteiger partial charge in [0.2, 0.25) is 5.91 Å². The Kier molecular flexibility index (Phi) is 5.73. The molecule has 1 saturated carbocycles. The largest absolute Gasteiger partial charge is 0.356 e. The smallest absolute Gasteiger partial charge is 0.243 e. The molecule has 0 radical (unpaired) electrons. The number of aromatic nitrogens is 2. The summed E-state index contributed by atoms with van der Waals surface area (Å²) in [5.74, 6) is 1.62. The molecule has 1 aromatic carbocycles. The van der Waals surface area contributed by atoms with Gasteiger partial charge in [0.1, 0.15) is 17.3 Å². The zero-order valence-corrected chi connectivity index (χ0v) is 19.4. The van der Waals surface area contributed by atoms with Crippen LogP contribution in [0.2, 0.25) is 5.02 Å². The fourth-order valence-corrected chi connectivity index (χ4v) is 4.81. The van der Waals surface area contributed by atoms with Crippen LogP contribution in [0.25, 0.3) is 17.0 Å². The maximum absolute atomic E-state index is 12.9. The summed E-state index contributed by atoms with van der Waals surface area (Å²) in [4.78, 5) is 26.4. The summed E-state index contributed by atoms with van der Waals surface area (Å²) in [5, 5.41) is 19.2. The Morgan fingerprint density at radius 2 is 2.15 bits per heavy atom. The van der Waals surface area contributed by atoms with Gasteiger partial charge in [0, 0.05) is 43.5 Å². The Balaban J connectivity index is 1.48. The first-order valence-corrected chi connectivity index (χ1v) is 11.8. The van der Waals surface area contributed by atoms with E-state index in [0.717, 1.165) is 36.5 Å². The average Bonchev–Trinajstić information content (AvgIpc) is 3.28. The van der Waals surface area contributed by atoms with Crippen LogP contribution >= 0.6 is 11.6 Å². The number of nitriles is 2. The van der Waals surface area contributed by atoms with Gasteiger partial charge in [0.25, 0.3) is 0 Å². The summed E-state index contributed by atoms with van der Waals surface area (Å²) in [6, 6.07) is 9.48. The van der Waals surface area contributed by atoms with E-state index in [4.69, 9.17) is 22.3 Å². The Morgan fingerprint density at radius 3 is 2.82 bits per heavy atom. The van der Waals surface area contributed by atoms with E-state index in [1.165, 1.54) is 0 Å². The molecule has 2 aromatic rings. The molecule has 5 rings (SSSR count). The number of halogens is 1. The highest BCUT2D eigenvalue weighted by Gasteiger charge is 2.53. The predicted octanol–water partition coefficient (Wildman–Crippen LogP) is 2.98. The van der Waals surface area contributed by atoms with Crippen LogP contribution in [0.4, 0.5) is 5.82 Å². The third kappa shape index (κ3) is 3.90. The van der Waals surface area contributed by atoms with E-state index in [1.54, 1.807) is 29.3 Å². The highest BCUT2D eigenvalue weighted by Crippen LogP contribution is 2.47. The Hall–Kier alpha value is -3.46. The highest BCUT2D eigenvalue weighted by molar-refractivity contribution is 6.31. The highest BCUT2D eigenvalue weighted by atomic mass is 35.5. The molecule has 172 valence electrons. The molecular weight excluding hydrogens is 450 g/mol. The molecule has 1 aromatic heterocycles. The van der Waals surface area contributed by atoms with Gasteiger partial charge in [-0.3, -0.25) is 4.79 Å². The van der Waals surface area contributed by atoms with Crippen molar-refractivity contribution >= 4 is 28.9 Å². The Bertz CT molecular complexity index is 1270. The van der Waals surface area contributed by atoms with Crippen LogP contribution in [-0.2, 0) is 4.79 Å². The molecule has 8 nitrogen and oxygen atoms in total. The van der Waals surface area contributed by atoms with Gasteiger partial charge in [-0.15, -0.1) is 0 Å². The molecular formula is C25H24ClN7O. The zero-order valence-electron chi connectivity index (χ0n) is 18.7. The van der Waals surface area contributed by atoms with E-state index in [1.807, 2.05) is 6.08 Å². The van der Waals surface area contributed by atoms with E-state index in [2.05, 4.69) is 22.0 Å². The lowest BCUT2D eigenvalue weighted by molar-refractivity contribution is -0.133. The number of amides is 1. The summed E-state index contributed by atoms with van der Waals surface area (Å²) in [6.45, 7) is 3.17. The number of hydrogen-bond acceptors (Lipinski definition) is 7. The monoisotopic (exact) mass is 473 g/mol. The van der Waals surface area contributed by atoms with Crippen LogP contribution in [0.1, 0.15) is 30.4 Å². The lowest BCUT2D eigenvalue weighted by Gasteiger charge is -2.23. The third-order valence-corrected chi connectivity index (χ3v) is 7.29. The molecule has 1 aliphatic carbocycles. The van der Waals surface area contributed by atoms with Crippen molar-refractivity contribution in [2.45, 2.75) is 19.3 Å². The number of hydrogen-bond donors (Lipinski definition) is 1. The summed E-state index contributed by atoms with van der Waals surface area (Å²) in [5.41, 5.74) is 8.05. The molecule has 34 heavy (non-hydrogen) atoms. The SMILES string of the molecule is N#Cc1cc(-c2ncc(C3=CCN(C(=O)C4(C#N)CC4)C3)c(N3CCC(CN)C3)n2)ccc1Cl. The molecule has 2 fully saturated rings. The summed E-state index contributed by atoms with van der Waals surface area (Å²) >= 11 is 6.11. The zero-order chi connectivity index (χ0) is 23.9. The first-order chi connectivity index (χ1) is 16.5. The van der Waals surface area contributed by atoms with Gasteiger partial charge >= 0.3 is 0 Å². The van der Waals surface area contributed by atoms with Gasteiger partial charge in [0.15, 0.2) is 5.82 Å². The van der Waals surface area contributed by atoms with Crippen molar-refractivity contribution in [3.05, 3.63) is 46.6 Å². The van der Waals surface area contributed by atoms with Gasteiger partial charge < -0.3 is 15.5 Å². The topological polar surface area (TPSA) is 123 Å². The number of rotatable bonds is 5. The number of nitrogens with two attached hydrogens (primary N) is 1. The van der Waals surface area contributed by atoms with Crippen LogP contribution in [0.15, 0.2) is 30.5 Å². The molecule has 3 heterocycles. The maximum atomic E-state index is 12.9. The second kappa shape index (κ2) is 8.72. The average molecular weight is 474 g/mol. The minimum absolute atomic E-state index is 0.0881. The van der Waals surface area contributed by atoms with Crippen molar-refractivity contribution in [1.29, 1.82) is 10.5 Å². The standard InChI is InChI=1S/C25H24ClN7O/c26-21-2-1-17(9-19(21)11-28)22-30-12-20(23(31-22)32-7-3-16(10-27)13-32)18-4-8-33(14-18)24(34)25(15-29)5-6-25/h1-2,4,9,12,16H,3,5-8,10,13-14,27H2. The van der Waals surface area contributed by atoms with Crippen molar-refractivity contribution < 1.29 is 4.79 Å². The number of carbonyl (C=O) groups excluding carboxylic acids is 1. The molecule has 2 N–H and O–H groups in total. The molecule has 1 atom stereocenters. The molecule has 1 unspecified atom stereocenters. The summed E-state index contributed by atoms with van der Waals surface area (Å²) in [7, 11) is 0. The normalized spacial score (nSPS) is 20.6. The van der Waals surface area contributed by atoms with Gasteiger partial charge in [-0.05, 0) is 55.5 Å². The van der Waals surface area contributed by atoms with Crippen LogP contribution in [0.5, 0.6) is 0 Å². The third-order valence-electron chi connectivity index (χ3n) is 6.96. The first kappa shape index (κ1) is 22.3. The number of carbonyl (C=O) groups is 1. The number of nitrogens with zero attached hydrogens (tertiary/aromatic N) is 6. The molecule has 0 spiro atoms. The maximum Gasteiger partial charge on any atom is 0.243 e. The minimum atomic E-state index is -0.831. The lowest BCUT2D eigenvalue weighted by atomic mass is 10.1. The van der Waals surface area contributed by atoms with Gasteiger partial charge in [-0.25, -0.2) is 9.97 Å². The first-order valence-electron chi connectivity index (χ1n) is 11.4. The van der Waals surface area contributed by atoms with E-state index < -0.39 is 5.41 Å². The van der Waals surface area contributed by atoms with E-state index in [9.17, 15) is 15.3 Å². The van der Waals surface area contributed by atoms with Crippen molar-refractivity contribution in [1.82, 2.24) is 14.9 Å². The molecule has 9 heteroatoms. The summed E-state index contributed by atoms with van der Waals surface area (Å²) in [6.07, 6.45) is 6.09. The van der Waals surface area contributed by atoms with Crippen LogP contribution in [-0.4, -0.2) is 53.5 Å². The van der Waals surface area contributed by atoms with Crippen molar-refractivity contribution in [2.75, 3.05) is 37.6 Å². The summed E-state index contributed by atoms with van der Waals surface area (Å²) < 4.78 is 0. The fourth-order valence-electron chi connectivity index (χ4n) is 4.65. The van der Waals surface area contributed by atoms with Crippen LogP contribution < -0.4 is 10.6 Å². The van der Waals surface area contributed by atoms with E-state index in [-0.39, 0.29) is 5.91 Å². The number of anilines is 1.